The molecule has 0 heterocycles. The highest BCUT2D eigenvalue weighted by Crippen LogP contribution is 2.18. The fourth-order valence-electron chi connectivity index (χ4n) is 1.98. The number of rotatable bonds is 9. The molecule has 0 bridgehead atoms. The Morgan fingerprint density at radius 2 is 1.55 bits per heavy atom. The summed E-state index contributed by atoms with van der Waals surface area (Å²) in [7, 11) is 0. The maximum Gasteiger partial charge on any atom is 0.326 e. The molecule has 0 spiro atoms. The SMILES string of the molecule is CCC(CC)(CC)NC(=O)NC(CCC(=O)O)C(=O)O. The van der Waals surface area contributed by atoms with Crippen LogP contribution in [0.2, 0.25) is 0 Å². The summed E-state index contributed by atoms with van der Waals surface area (Å²) in [4.78, 5) is 33.3. The van der Waals surface area contributed by atoms with E-state index >= 15 is 0 Å². The van der Waals surface area contributed by atoms with Crippen LogP contribution in [0.5, 0.6) is 0 Å². The third-order valence-electron chi connectivity index (χ3n) is 3.66. The molecule has 1 atom stereocenters. The van der Waals surface area contributed by atoms with Gasteiger partial charge in [0.05, 0.1) is 0 Å². The molecule has 0 aromatic rings. The number of carbonyl (C=O) groups is 3. The van der Waals surface area contributed by atoms with Crippen LogP contribution in [-0.2, 0) is 9.59 Å². The zero-order valence-corrected chi connectivity index (χ0v) is 12.2. The summed E-state index contributed by atoms with van der Waals surface area (Å²) in [5, 5.41) is 22.6. The van der Waals surface area contributed by atoms with Crippen LogP contribution < -0.4 is 10.6 Å². The predicted molar refractivity (Wildman–Crippen MR) is 73.6 cm³/mol. The van der Waals surface area contributed by atoms with Gasteiger partial charge >= 0.3 is 18.0 Å². The molecule has 116 valence electrons. The van der Waals surface area contributed by atoms with Crippen LogP contribution in [0.25, 0.3) is 0 Å². The van der Waals surface area contributed by atoms with Crippen LogP contribution in [0.1, 0.15) is 52.9 Å². The van der Waals surface area contributed by atoms with Gasteiger partial charge in [-0.3, -0.25) is 4.79 Å². The van der Waals surface area contributed by atoms with E-state index < -0.39 is 24.0 Å². The molecule has 20 heavy (non-hydrogen) atoms. The van der Waals surface area contributed by atoms with E-state index in [0.717, 1.165) is 19.3 Å². The molecular formula is C13H24N2O5. The van der Waals surface area contributed by atoms with Crippen molar-refractivity contribution in [2.24, 2.45) is 0 Å². The van der Waals surface area contributed by atoms with Crippen molar-refractivity contribution in [3.8, 4) is 0 Å². The Kier molecular flexibility index (Phi) is 7.64. The fourth-order valence-corrected chi connectivity index (χ4v) is 1.98. The Bertz CT molecular complexity index is 344. The number of aliphatic carboxylic acids is 2. The lowest BCUT2D eigenvalue weighted by Gasteiger charge is -2.32. The highest BCUT2D eigenvalue weighted by molar-refractivity contribution is 5.83. The fraction of sp³-hybridized carbons (Fsp3) is 0.769. The summed E-state index contributed by atoms with van der Waals surface area (Å²) in [5.41, 5.74) is -0.361. The van der Waals surface area contributed by atoms with Gasteiger partial charge < -0.3 is 20.8 Å². The van der Waals surface area contributed by atoms with Gasteiger partial charge in [0.15, 0.2) is 0 Å². The lowest BCUT2D eigenvalue weighted by atomic mass is 9.90. The van der Waals surface area contributed by atoms with Gasteiger partial charge in [0.1, 0.15) is 6.04 Å². The molecule has 7 heteroatoms. The molecular weight excluding hydrogens is 264 g/mol. The van der Waals surface area contributed by atoms with Gasteiger partial charge in [0.25, 0.3) is 0 Å². The summed E-state index contributed by atoms with van der Waals surface area (Å²) in [6.45, 7) is 5.85. The van der Waals surface area contributed by atoms with Gasteiger partial charge in [-0.15, -0.1) is 0 Å². The summed E-state index contributed by atoms with van der Waals surface area (Å²) in [6.07, 6.45) is 1.76. The largest absolute Gasteiger partial charge is 0.481 e. The van der Waals surface area contributed by atoms with E-state index in [1.165, 1.54) is 0 Å². The first-order chi connectivity index (χ1) is 9.30. The van der Waals surface area contributed by atoms with Crippen LogP contribution >= 0.6 is 0 Å². The Balaban J connectivity index is 4.60. The monoisotopic (exact) mass is 288 g/mol. The molecule has 0 radical (unpaired) electrons. The van der Waals surface area contributed by atoms with Crippen molar-refractivity contribution in [3.63, 3.8) is 0 Å². The molecule has 7 nitrogen and oxygen atoms in total. The van der Waals surface area contributed by atoms with Crippen molar-refractivity contribution in [1.82, 2.24) is 10.6 Å². The van der Waals surface area contributed by atoms with Crippen molar-refractivity contribution in [2.75, 3.05) is 0 Å². The van der Waals surface area contributed by atoms with Gasteiger partial charge in [0.2, 0.25) is 0 Å². The molecule has 1 unspecified atom stereocenters. The first-order valence-electron chi connectivity index (χ1n) is 6.83. The van der Waals surface area contributed by atoms with Crippen LogP contribution in [0.15, 0.2) is 0 Å². The molecule has 0 rings (SSSR count). The number of carbonyl (C=O) groups excluding carboxylic acids is 1. The number of carboxylic acids is 2. The second-order valence-electron chi connectivity index (χ2n) is 4.76. The van der Waals surface area contributed by atoms with Crippen molar-refractivity contribution in [2.45, 2.75) is 64.5 Å². The molecule has 0 aromatic heterocycles. The van der Waals surface area contributed by atoms with Crippen LogP contribution in [-0.4, -0.2) is 39.8 Å². The summed E-state index contributed by atoms with van der Waals surface area (Å²) < 4.78 is 0. The van der Waals surface area contributed by atoms with Crippen LogP contribution in [0.3, 0.4) is 0 Å². The van der Waals surface area contributed by atoms with E-state index in [4.69, 9.17) is 10.2 Å². The minimum Gasteiger partial charge on any atom is -0.481 e. The summed E-state index contributed by atoms with van der Waals surface area (Å²) in [6, 6.07) is -1.78. The van der Waals surface area contributed by atoms with Gasteiger partial charge in [0, 0.05) is 12.0 Å². The molecule has 2 amide bonds. The summed E-state index contributed by atoms with van der Waals surface area (Å²) in [5.74, 6) is -2.33. The van der Waals surface area contributed by atoms with E-state index in [0.29, 0.717) is 0 Å². The minimum atomic E-state index is -1.24. The van der Waals surface area contributed by atoms with Crippen molar-refractivity contribution >= 4 is 18.0 Å². The number of carboxylic acid groups (broad SMARTS) is 2. The Morgan fingerprint density at radius 3 is 1.90 bits per heavy atom. The zero-order chi connectivity index (χ0) is 15.8. The van der Waals surface area contributed by atoms with Gasteiger partial charge in [-0.1, -0.05) is 20.8 Å². The number of urea groups is 1. The van der Waals surface area contributed by atoms with Gasteiger partial charge in [-0.05, 0) is 25.7 Å². The topological polar surface area (TPSA) is 116 Å². The zero-order valence-electron chi connectivity index (χ0n) is 12.2. The standard InChI is InChI=1S/C13H24N2O5/c1-4-13(5-2,6-3)15-12(20)14-9(11(18)19)7-8-10(16)17/h9H,4-8H2,1-3H3,(H,16,17)(H,18,19)(H2,14,15,20). The van der Waals surface area contributed by atoms with Gasteiger partial charge in [-0.2, -0.15) is 0 Å². The maximum absolute atomic E-state index is 11.9. The quantitative estimate of drug-likeness (QED) is 0.514. The number of amides is 2. The van der Waals surface area contributed by atoms with Crippen molar-refractivity contribution in [1.29, 1.82) is 0 Å². The molecule has 0 aliphatic carbocycles. The third kappa shape index (κ3) is 5.90. The molecule has 0 saturated carbocycles. The average Bonchev–Trinajstić information content (AvgIpc) is 2.40. The molecule has 0 fully saturated rings. The molecule has 0 saturated heterocycles. The number of nitrogens with one attached hydrogen (secondary N) is 2. The highest BCUT2D eigenvalue weighted by Gasteiger charge is 2.28. The van der Waals surface area contributed by atoms with Crippen molar-refractivity contribution in [3.05, 3.63) is 0 Å². The van der Waals surface area contributed by atoms with Gasteiger partial charge in [-0.25, -0.2) is 9.59 Å². The van der Waals surface area contributed by atoms with E-state index in [2.05, 4.69) is 10.6 Å². The van der Waals surface area contributed by atoms with E-state index in [-0.39, 0.29) is 18.4 Å². The van der Waals surface area contributed by atoms with Crippen molar-refractivity contribution < 1.29 is 24.6 Å². The highest BCUT2D eigenvalue weighted by atomic mass is 16.4. The second kappa shape index (κ2) is 8.39. The Labute approximate surface area is 118 Å². The van der Waals surface area contributed by atoms with E-state index in [1.807, 2.05) is 20.8 Å². The van der Waals surface area contributed by atoms with Crippen LogP contribution in [0, 0.1) is 0 Å². The molecule has 0 aromatic carbocycles. The smallest absolute Gasteiger partial charge is 0.326 e. The first kappa shape index (κ1) is 18.2. The van der Waals surface area contributed by atoms with Crippen LogP contribution in [0.4, 0.5) is 4.79 Å². The predicted octanol–water partition coefficient (Wildman–Crippen LogP) is 1.57. The minimum absolute atomic E-state index is 0.143. The lowest BCUT2D eigenvalue weighted by molar-refractivity contribution is -0.140. The maximum atomic E-state index is 11.9. The number of hydrogen-bond donors (Lipinski definition) is 4. The molecule has 4 N–H and O–H groups in total. The third-order valence-corrected chi connectivity index (χ3v) is 3.66. The Morgan fingerprint density at radius 1 is 1.05 bits per heavy atom. The second-order valence-corrected chi connectivity index (χ2v) is 4.76. The van der Waals surface area contributed by atoms with E-state index in [9.17, 15) is 14.4 Å². The average molecular weight is 288 g/mol. The normalized spacial score (nSPS) is 12.6. The number of hydrogen-bond acceptors (Lipinski definition) is 3. The molecule has 0 aliphatic rings. The Hall–Kier alpha value is -1.79. The van der Waals surface area contributed by atoms with E-state index in [1.54, 1.807) is 0 Å². The lowest BCUT2D eigenvalue weighted by Crippen LogP contribution is -2.54. The molecule has 0 aliphatic heterocycles. The summed E-state index contributed by atoms with van der Waals surface area (Å²) >= 11 is 0. The first-order valence-corrected chi connectivity index (χ1v) is 6.83.